The van der Waals surface area contributed by atoms with Gasteiger partial charge in [0.2, 0.25) is 11.8 Å². The molecule has 86 valence electrons. The molecular weight excluding hydrogens is 200 g/mol. The molecule has 6 heteroatoms. The largest absolute Gasteiger partial charge is 0.483 e. The maximum Gasteiger partial charge on any atom is 0.290 e. The van der Waals surface area contributed by atoms with Crippen molar-refractivity contribution >= 4 is 18.3 Å². The van der Waals surface area contributed by atoms with Gasteiger partial charge < -0.3 is 15.7 Å². The highest BCUT2D eigenvalue weighted by Gasteiger charge is 2.05. The lowest BCUT2D eigenvalue weighted by molar-refractivity contribution is -0.123. The number of carboxylic acid groups (broad SMARTS) is 1. The van der Waals surface area contributed by atoms with Crippen LogP contribution in [0.4, 0.5) is 0 Å². The van der Waals surface area contributed by atoms with Crippen molar-refractivity contribution in [2.24, 2.45) is 0 Å². The van der Waals surface area contributed by atoms with E-state index in [1.54, 1.807) is 0 Å². The van der Waals surface area contributed by atoms with Gasteiger partial charge in [0.25, 0.3) is 6.47 Å². The molecule has 2 saturated heterocycles. The third-order valence-corrected chi connectivity index (χ3v) is 1.81. The Bertz CT molecular complexity index is 182. The van der Waals surface area contributed by atoms with Gasteiger partial charge in [0.15, 0.2) is 0 Å². The molecule has 2 heterocycles. The van der Waals surface area contributed by atoms with Crippen LogP contribution in [0.3, 0.4) is 0 Å². The zero-order valence-electron chi connectivity index (χ0n) is 8.49. The molecule has 2 aliphatic heterocycles. The zero-order chi connectivity index (χ0) is 11.5. The van der Waals surface area contributed by atoms with Crippen molar-refractivity contribution in [1.29, 1.82) is 0 Å². The van der Waals surface area contributed by atoms with Crippen molar-refractivity contribution in [2.45, 2.75) is 25.7 Å². The third kappa shape index (κ3) is 8.73. The first-order valence-electron chi connectivity index (χ1n) is 4.82. The highest BCUT2D eigenvalue weighted by molar-refractivity contribution is 5.77. The smallest absolute Gasteiger partial charge is 0.290 e. The number of nitrogens with one attached hydrogen (secondary N) is 2. The zero-order valence-corrected chi connectivity index (χ0v) is 8.49. The van der Waals surface area contributed by atoms with Crippen LogP contribution >= 0.6 is 0 Å². The Hall–Kier alpha value is -1.59. The Morgan fingerprint density at radius 1 is 1.00 bits per heavy atom. The average molecular weight is 216 g/mol. The first-order valence-corrected chi connectivity index (χ1v) is 4.82. The second kappa shape index (κ2) is 8.98. The van der Waals surface area contributed by atoms with Gasteiger partial charge in [0, 0.05) is 25.9 Å². The average Bonchev–Trinajstić information content (AvgIpc) is 2.81. The fraction of sp³-hybridized carbons (Fsp3) is 0.667. The van der Waals surface area contributed by atoms with Gasteiger partial charge in [-0.3, -0.25) is 14.4 Å². The molecule has 0 aromatic rings. The number of carbonyl (C=O) groups excluding carboxylic acids is 2. The monoisotopic (exact) mass is 216 g/mol. The number of amides is 2. The summed E-state index contributed by atoms with van der Waals surface area (Å²) in [5.74, 6) is 0.407. The van der Waals surface area contributed by atoms with Crippen LogP contribution in [0.5, 0.6) is 0 Å². The normalized spacial score (nSPS) is 17.6. The first kappa shape index (κ1) is 13.4. The predicted molar refractivity (Wildman–Crippen MR) is 53.2 cm³/mol. The van der Waals surface area contributed by atoms with Crippen LogP contribution in [0, 0.1) is 0 Å². The van der Waals surface area contributed by atoms with E-state index in [2.05, 4.69) is 10.6 Å². The summed E-state index contributed by atoms with van der Waals surface area (Å²) >= 11 is 0. The molecule has 3 N–H and O–H groups in total. The fourth-order valence-corrected chi connectivity index (χ4v) is 1.13. The van der Waals surface area contributed by atoms with Gasteiger partial charge in [-0.1, -0.05) is 0 Å². The summed E-state index contributed by atoms with van der Waals surface area (Å²) in [6.07, 6.45) is 3.53. The van der Waals surface area contributed by atoms with E-state index in [1.165, 1.54) is 0 Å². The summed E-state index contributed by atoms with van der Waals surface area (Å²) in [6, 6.07) is 0. The van der Waals surface area contributed by atoms with Crippen LogP contribution < -0.4 is 10.6 Å². The van der Waals surface area contributed by atoms with Crippen molar-refractivity contribution in [3.8, 4) is 0 Å². The van der Waals surface area contributed by atoms with E-state index >= 15 is 0 Å². The summed E-state index contributed by atoms with van der Waals surface area (Å²) in [4.78, 5) is 28.6. The Balaban J connectivity index is 0.000000210. The summed E-state index contributed by atoms with van der Waals surface area (Å²) in [5.41, 5.74) is 0. The van der Waals surface area contributed by atoms with E-state index in [1.807, 2.05) is 0 Å². The summed E-state index contributed by atoms with van der Waals surface area (Å²) in [6.45, 7) is 1.53. The number of carbonyl (C=O) groups is 3. The third-order valence-electron chi connectivity index (χ3n) is 1.81. The molecule has 15 heavy (non-hydrogen) atoms. The fourth-order valence-electron chi connectivity index (χ4n) is 1.13. The molecule has 2 amide bonds. The Kier molecular flexibility index (Phi) is 8.03. The first-order chi connectivity index (χ1) is 7.20. The molecule has 2 rings (SSSR count). The molecule has 2 aliphatic rings. The van der Waals surface area contributed by atoms with E-state index < -0.39 is 0 Å². The second-order valence-electron chi connectivity index (χ2n) is 3.01. The molecule has 0 atom stereocenters. The van der Waals surface area contributed by atoms with Gasteiger partial charge in [-0.2, -0.15) is 0 Å². The van der Waals surface area contributed by atoms with Crippen molar-refractivity contribution < 1.29 is 19.5 Å². The Morgan fingerprint density at radius 2 is 1.33 bits per heavy atom. The van der Waals surface area contributed by atoms with E-state index in [9.17, 15) is 9.59 Å². The van der Waals surface area contributed by atoms with Crippen molar-refractivity contribution in [1.82, 2.24) is 10.6 Å². The molecule has 0 unspecified atom stereocenters. The predicted octanol–water partition coefficient (Wildman–Crippen LogP) is -0.506. The molecule has 0 saturated carbocycles. The minimum Gasteiger partial charge on any atom is -0.483 e. The molecule has 0 aromatic heterocycles. The Labute approximate surface area is 88.0 Å². The highest BCUT2D eigenvalue weighted by Crippen LogP contribution is 1.93. The molecule has 0 spiro atoms. The van der Waals surface area contributed by atoms with E-state index in [4.69, 9.17) is 9.90 Å². The maximum absolute atomic E-state index is 10.1. The van der Waals surface area contributed by atoms with E-state index in [-0.39, 0.29) is 18.3 Å². The summed E-state index contributed by atoms with van der Waals surface area (Å²) in [7, 11) is 0. The van der Waals surface area contributed by atoms with Crippen LogP contribution in [0.2, 0.25) is 0 Å². The lowest BCUT2D eigenvalue weighted by Crippen LogP contribution is -2.12. The minimum atomic E-state index is -0.250. The topological polar surface area (TPSA) is 95.5 Å². The highest BCUT2D eigenvalue weighted by atomic mass is 16.3. The lowest BCUT2D eigenvalue weighted by Gasteiger charge is -1.80. The van der Waals surface area contributed by atoms with E-state index in [0.29, 0.717) is 0 Å². The van der Waals surface area contributed by atoms with Crippen molar-refractivity contribution in [2.75, 3.05) is 13.1 Å². The SMILES string of the molecule is O=C1CCCN1.O=C1CCCN1.O=CO. The summed E-state index contributed by atoms with van der Waals surface area (Å²) < 4.78 is 0. The number of hydrogen-bond donors (Lipinski definition) is 3. The Morgan fingerprint density at radius 3 is 1.40 bits per heavy atom. The number of hydrogen-bond acceptors (Lipinski definition) is 3. The number of rotatable bonds is 0. The van der Waals surface area contributed by atoms with Gasteiger partial charge in [0.1, 0.15) is 0 Å². The van der Waals surface area contributed by atoms with Gasteiger partial charge in [-0.05, 0) is 12.8 Å². The van der Waals surface area contributed by atoms with Crippen LogP contribution in [-0.4, -0.2) is 36.5 Å². The van der Waals surface area contributed by atoms with E-state index in [0.717, 1.165) is 38.8 Å². The molecule has 0 aromatic carbocycles. The molecule has 2 fully saturated rings. The standard InChI is InChI=1S/2C4H7NO.CH2O2/c2*6-4-2-1-3-5-4;2-1-3/h2*1-3H2,(H,5,6);1H,(H,2,3). The molecule has 0 radical (unpaired) electrons. The van der Waals surface area contributed by atoms with Crippen molar-refractivity contribution in [3.05, 3.63) is 0 Å². The van der Waals surface area contributed by atoms with Crippen LogP contribution in [0.1, 0.15) is 25.7 Å². The molecule has 0 bridgehead atoms. The van der Waals surface area contributed by atoms with Crippen molar-refractivity contribution in [3.63, 3.8) is 0 Å². The van der Waals surface area contributed by atoms with Gasteiger partial charge >= 0.3 is 0 Å². The van der Waals surface area contributed by atoms with Crippen LogP contribution in [0.25, 0.3) is 0 Å². The molecule has 6 nitrogen and oxygen atoms in total. The van der Waals surface area contributed by atoms with Gasteiger partial charge in [-0.15, -0.1) is 0 Å². The lowest BCUT2D eigenvalue weighted by atomic mass is 10.4. The van der Waals surface area contributed by atoms with Crippen LogP contribution in [-0.2, 0) is 14.4 Å². The molecular formula is C9H16N2O4. The quantitative estimate of drug-likeness (QED) is 0.475. The van der Waals surface area contributed by atoms with Crippen LogP contribution in [0.15, 0.2) is 0 Å². The maximum atomic E-state index is 10.1. The van der Waals surface area contributed by atoms with Gasteiger partial charge in [-0.25, -0.2) is 0 Å². The minimum absolute atomic E-state index is 0.204. The van der Waals surface area contributed by atoms with Gasteiger partial charge in [0.05, 0.1) is 0 Å². The summed E-state index contributed by atoms with van der Waals surface area (Å²) in [5, 5.41) is 12.2. The molecule has 0 aliphatic carbocycles. The second-order valence-corrected chi connectivity index (χ2v) is 3.01.